The van der Waals surface area contributed by atoms with Gasteiger partial charge in [-0.1, -0.05) is 18.2 Å². The Morgan fingerprint density at radius 2 is 1.70 bits per heavy atom. The van der Waals surface area contributed by atoms with E-state index in [1.165, 1.54) is 17.7 Å². The van der Waals surface area contributed by atoms with Gasteiger partial charge in [0.1, 0.15) is 11.6 Å². The lowest BCUT2D eigenvalue weighted by Gasteiger charge is -2.34. The van der Waals surface area contributed by atoms with Crippen LogP contribution in [0.5, 0.6) is 5.75 Å². The number of hydrogen-bond acceptors (Lipinski definition) is 3. The number of aryl methyl sites for hydroxylation is 2. The van der Waals surface area contributed by atoms with Gasteiger partial charge in [-0.15, -0.1) is 0 Å². The first-order chi connectivity index (χ1) is 13.0. The molecule has 0 aliphatic carbocycles. The monoisotopic (exact) mass is 370 g/mol. The van der Waals surface area contributed by atoms with Gasteiger partial charge in [0.15, 0.2) is 6.61 Å². The molecule has 1 fully saturated rings. The van der Waals surface area contributed by atoms with Crippen LogP contribution < -0.4 is 4.74 Å². The first kappa shape index (κ1) is 19.4. The third-order valence-corrected chi connectivity index (χ3v) is 5.20. The molecule has 2 aromatic carbocycles. The van der Waals surface area contributed by atoms with Gasteiger partial charge in [-0.3, -0.25) is 9.69 Å². The van der Waals surface area contributed by atoms with Crippen LogP contribution in [0.15, 0.2) is 42.5 Å². The van der Waals surface area contributed by atoms with Gasteiger partial charge in [-0.2, -0.15) is 0 Å². The predicted molar refractivity (Wildman–Crippen MR) is 105 cm³/mol. The maximum Gasteiger partial charge on any atom is 0.260 e. The molecule has 0 radical (unpaired) electrons. The number of ether oxygens (including phenoxy) is 1. The summed E-state index contributed by atoms with van der Waals surface area (Å²) in [6, 6.07) is 12.6. The lowest BCUT2D eigenvalue weighted by atomic mass is 10.1. The smallest absolute Gasteiger partial charge is 0.260 e. The van der Waals surface area contributed by atoms with Crippen LogP contribution in [-0.4, -0.2) is 55.0 Å². The summed E-state index contributed by atoms with van der Waals surface area (Å²) in [7, 11) is 0. The second-order valence-electron chi connectivity index (χ2n) is 7.13. The predicted octanol–water partition coefficient (Wildman–Crippen LogP) is 3.21. The quantitative estimate of drug-likeness (QED) is 0.783. The fraction of sp³-hybridized carbons (Fsp3) is 0.409. The van der Waals surface area contributed by atoms with E-state index in [0.29, 0.717) is 0 Å². The number of amides is 1. The molecule has 5 heteroatoms. The van der Waals surface area contributed by atoms with Crippen molar-refractivity contribution < 1.29 is 13.9 Å². The average molecular weight is 370 g/mol. The van der Waals surface area contributed by atoms with Crippen LogP contribution in [-0.2, 0) is 11.2 Å². The van der Waals surface area contributed by atoms with E-state index in [9.17, 15) is 9.18 Å². The van der Waals surface area contributed by atoms with Crippen LogP contribution in [0.4, 0.5) is 4.39 Å². The zero-order valence-corrected chi connectivity index (χ0v) is 16.1. The maximum atomic E-state index is 13.0. The van der Waals surface area contributed by atoms with E-state index >= 15 is 0 Å². The molecule has 0 bridgehead atoms. The topological polar surface area (TPSA) is 32.8 Å². The first-order valence-corrected chi connectivity index (χ1v) is 9.46. The summed E-state index contributed by atoms with van der Waals surface area (Å²) in [6.07, 6.45) is 0.893. The summed E-state index contributed by atoms with van der Waals surface area (Å²) in [5.74, 6) is 0.574. The molecule has 1 heterocycles. The van der Waals surface area contributed by atoms with Crippen LogP contribution in [0.25, 0.3) is 0 Å². The SMILES string of the molecule is Cc1ccc(OCC(=O)N2CCN(CCc3ccc(F)cc3)CC2)cc1C. The lowest BCUT2D eigenvalue weighted by Crippen LogP contribution is -2.50. The molecule has 0 atom stereocenters. The summed E-state index contributed by atoms with van der Waals surface area (Å²) in [5, 5.41) is 0. The van der Waals surface area contributed by atoms with Crippen molar-refractivity contribution in [3.8, 4) is 5.75 Å². The van der Waals surface area contributed by atoms with E-state index < -0.39 is 0 Å². The van der Waals surface area contributed by atoms with Crippen molar-refractivity contribution in [2.45, 2.75) is 20.3 Å². The molecule has 0 spiro atoms. The van der Waals surface area contributed by atoms with Gasteiger partial charge in [0, 0.05) is 32.7 Å². The zero-order valence-electron chi connectivity index (χ0n) is 16.1. The molecule has 1 saturated heterocycles. The molecular weight excluding hydrogens is 343 g/mol. The molecule has 0 unspecified atom stereocenters. The van der Waals surface area contributed by atoms with Gasteiger partial charge >= 0.3 is 0 Å². The number of carbonyl (C=O) groups is 1. The third-order valence-electron chi connectivity index (χ3n) is 5.20. The van der Waals surface area contributed by atoms with E-state index in [0.717, 1.165) is 56.0 Å². The van der Waals surface area contributed by atoms with E-state index in [4.69, 9.17) is 4.74 Å². The zero-order chi connectivity index (χ0) is 19.2. The van der Waals surface area contributed by atoms with Crippen molar-refractivity contribution in [1.82, 2.24) is 9.80 Å². The number of piperazine rings is 1. The molecule has 2 aromatic rings. The van der Waals surface area contributed by atoms with Gasteiger partial charge in [0.05, 0.1) is 0 Å². The second kappa shape index (κ2) is 9.00. The van der Waals surface area contributed by atoms with Crippen LogP contribution in [0.2, 0.25) is 0 Å². The van der Waals surface area contributed by atoms with Crippen LogP contribution in [0.3, 0.4) is 0 Å². The fourth-order valence-electron chi connectivity index (χ4n) is 3.20. The van der Waals surface area contributed by atoms with Gasteiger partial charge in [-0.25, -0.2) is 4.39 Å². The summed E-state index contributed by atoms with van der Waals surface area (Å²) in [5.41, 5.74) is 3.51. The van der Waals surface area contributed by atoms with Crippen LogP contribution in [0.1, 0.15) is 16.7 Å². The van der Waals surface area contributed by atoms with Gasteiger partial charge in [0.25, 0.3) is 5.91 Å². The largest absolute Gasteiger partial charge is 0.484 e. The van der Waals surface area contributed by atoms with E-state index in [1.54, 1.807) is 0 Å². The highest BCUT2D eigenvalue weighted by Crippen LogP contribution is 2.16. The maximum absolute atomic E-state index is 13.0. The highest BCUT2D eigenvalue weighted by Gasteiger charge is 2.21. The lowest BCUT2D eigenvalue weighted by molar-refractivity contribution is -0.135. The molecular formula is C22H27FN2O2. The minimum atomic E-state index is -0.200. The van der Waals surface area contributed by atoms with Gasteiger partial charge < -0.3 is 9.64 Å². The highest BCUT2D eigenvalue weighted by molar-refractivity contribution is 5.77. The molecule has 0 aromatic heterocycles. The minimum absolute atomic E-state index is 0.0337. The third kappa shape index (κ3) is 5.54. The summed E-state index contributed by atoms with van der Waals surface area (Å²) in [6.45, 7) is 8.25. The fourth-order valence-corrected chi connectivity index (χ4v) is 3.20. The van der Waals surface area contributed by atoms with Crippen LogP contribution in [0, 0.1) is 19.7 Å². The van der Waals surface area contributed by atoms with Crippen molar-refractivity contribution >= 4 is 5.91 Å². The Labute approximate surface area is 160 Å². The Hall–Kier alpha value is -2.40. The summed E-state index contributed by atoms with van der Waals surface area (Å²) >= 11 is 0. The molecule has 1 aliphatic rings. The second-order valence-corrected chi connectivity index (χ2v) is 7.13. The number of halogens is 1. The Balaban J connectivity index is 1.39. The highest BCUT2D eigenvalue weighted by atomic mass is 19.1. The van der Waals surface area contributed by atoms with Crippen LogP contribution >= 0.6 is 0 Å². The Kier molecular flexibility index (Phi) is 6.45. The summed E-state index contributed by atoms with van der Waals surface area (Å²) in [4.78, 5) is 16.6. The molecule has 144 valence electrons. The first-order valence-electron chi connectivity index (χ1n) is 9.46. The Morgan fingerprint density at radius 1 is 1.00 bits per heavy atom. The van der Waals surface area contributed by atoms with Gasteiger partial charge in [-0.05, 0) is 61.2 Å². The Morgan fingerprint density at radius 3 is 2.37 bits per heavy atom. The molecule has 27 heavy (non-hydrogen) atoms. The normalized spacial score (nSPS) is 15.0. The van der Waals surface area contributed by atoms with Gasteiger partial charge in [0.2, 0.25) is 0 Å². The number of hydrogen-bond donors (Lipinski definition) is 0. The molecule has 0 saturated carbocycles. The molecule has 1 aliphatic heterocycles. The minimum Gasteiger partial charge on any atom is -0.484 e. The number of nitrogens with zero attached hydrogens (tertiary/aromatic N) is 2. The summed E-state index contributed by atoms with van der Waals surface area (Å²) < 4.78 is 18.6. The average Bonchev–Trinajstić information content (AvgIpc) is 2.68. The number of benzene rings is 2. The van der Waals surface area contributed by atoms with E-state index in [1.807, 2.05) is 42.2 Å². The molecule has 0 N–H and O–H groups in total. The van der Waals surface area contributed by atoms with Crippen molar-refractivity contribution in [3.63, 3.8) is 0 Å². The van der Waals surface area contributed by atoms with Crippen molar-refractivity contribution in [3.05, 3.63) is 65.0 Å². The Bertz CT molecular complexity index is 768. The van der Waals surface area contributed by atoms with Crippen molar-refractivity contribution in [2.24, 2.45) is 0 Å². The number of rotatable bonds is 6. The molecule has 4 nitrogen and oxygen atoms in total. The van der Waals surface area contributed by atoms with Crippen molar-refractivity contribution in [1.29, 1.82) is 0 Å². The van der Waals surface area contributed by atoms with Crippen molar-refractivity contribution in [2.75, 3.05) is 39.3 Å². The van der Waals surface area contributed by atoms with E-state index in [-0.39, 0.29) is 18.3 Å². The molecule has 3 rings (SSSR count). The van der Waals surface area contributed by atoms with E-state index in [2.05, 4.69) is 11.8 Å². The standard InChI is InChI=1S/C22H27FN2O2/c1-17-3-8-21(15-18(17)2)27-16-22(26)25-13-11-24(12-14-25)10-9-19-4-6-20(23)7-5-19/h3-8,15H,9-14,16H2,1-2H3. The number of carbonyl (C=O) groups excluding carboxylic acids is 1. The molecule has 1 amide bonds.